The van der Waals surface area contributed by atoms with Crippen molar-refractivity contribution >= 4 is 16.6 Å². The number of Topliss-reactive ketones (excluding diaryl/α,β-unsaturated/α-hetero) is 1. The van der Waals surface area contributed by atoms with Crippen molar-refractivity contribution in [1.29, 1.82) is 0 Å². The van der Waals surface area contributed by atoms with Gasteiger partial charge in [0.05, 0.1) is 16.6 Å². The topological polar surface area (TPSA) is 37.4 Å². The van der Waals surface area contributed by atoms with Crippen LogP contribution in [0.15, 0.2) is 35.2 Å². The van der Waals surface area contributed by atoms with Gasteiger partial charge in [-0.2, -0.15) is 0 Å². The van der Waals surface area contributed by atoms with Gasteiger partial charge >= 0.3 is 0 Å². The normalized spacial score (nSPS) is 31.4. The fourth-order valence-electron chi connectivity index (χ4n) is 3.04. The van der Waals surface area contributed by atoms with E-state index in [1.165, 1.54) is 0 Å². The van der Waals surface area contributed by atoms with Gasteiger partial charge in [-0.3, -0.25) is 9.00 Å². The molecule has 4 heteroatoms. The average molecular weight is 263 g/mol. The van der Waals surface area contributed by atoms with Crippen LogP contribution in [0.25, 0.3) is 0 Å². The molecule has 2 saturated heterocycles. The molecule has 1 aromatic carbocycles. The molecule has 2 aliphatic heterocycles. The number of nitrogens with zero attached hydrogens (tertiary/aromatic N) is 1. The van der Waals surface area contributed by atoms with Crippen LogP contribution >= 0.6 is 0 Å². The predicted octanol–water partition coefficient (Wildman–Crippen LogP) is 1.32. The third-order valence-electron chi connectivity index (χ3n) is 4.03. The maximum absolute atomic E-state index is 12.2. The minimum Gasteiger partial charge on any atom is -0.302 e. The SMILES string of the molecule is O=C(CS(=O)c1ccccc1)[C@H]1CN2CC[C@H]1C2. The smallest absolute Gasteiger partial charge is 0.150 e. The quantitative estimate of drug-likeness (QED) is 0.822. The molecule has 2 unspecified atom stereocenters. The molecule has 3 nitrogen and oxygen atoms in total. The third kappa shape index (κ3) is 2.27. The summed E-state index contributed by atoms with van der Waals surface area (Å²) in [6.07, 6.45) is 1.13. The van der Waals surface area contributed by atoms with Crippen molar-refractivity contribution in [1.82, 2.24) is 4.90 Å². The highest BCUT2D eigenvalue weighted by atomic mass is 32.2. The molecular weight excluding hydrogens is 246 g/mol. The van der Waals surface area contributed by atoms with E-state index < -0.39 is 10.8 Å². The number of hydrogen-bond donors (Lipinski definition) is 0. The zero-order valence-electron chi connectivity index (χ0n) is 10.2. The molecule has 0 saturated carbocycles. The number of piperidine rings is 1. The van der Waals surface area contributed by atoms with E-state index in [-0.39, 0.29) is 17.5 Å². The molecule has 1 aromatic rings. The Bertz CT molecular complexity index is 474. The predicted molar refractivity (Wildman–Crippen MR) is 70.8 cm³/mol. The Morgan fingerprint density at radius 1 is 1.28 bits per heavy atom. The molecule has 18 heavy (non-hydrogen) atoms. The van der Waals surface area contributed by atoms with Gasteiger partial charge in [0.1, 0.15) is 5.78 Å². The van der Waals surface area contributed by atoms with Crippen LogP contribution < -0.4 is 0 Å². The lowest BCUT2D eigenvalue weighted by molar-refractivity contribution is -0.121. The Kier molecular flexibility index (Phi) is 3.31. The highest BCUT2D eigenvalue weighted by Gasteiger charge is 2.41. The van der Waals surface area contributed by atoms with E-state index in [1.807, 2.05) is 30.3 Å². The van der Waals surface area contributed by atoms with E-state index in [1.54, 1.807) is 0 Å². The lowest BCUT2D eigenvalue weighted by Gasteiger charge is -2.20. The van der Waals surface area contributed by atoms with Crippen LogP contribution in [0.1, 0.15) is 6.42 Å². The maximum Gasteiger partial charge on any atom is 0.150 e. The molecule has 96 valence electrons. The van der Waals surface area contributed by atoms with Gasteiger partial charge in [0.15, 0.2) is 0 Å². The van der Waals surface area contributed by atoms with Gasteiger partial charge in [0, 0.05) is 23.9 Å². The Morgan fingerprint density at radius 2 is 2.06 bits per heavy atom. The van der Waals surface area contributed by atoms with E-state index in [9.17, 15) is 9.00 Å². The second-order valence-electron chi connectivity index (χ2n) is 5.18. The van der Waals surface area contributed by atoms with Crippen LogP contribution in [0.2, 0.25) is 0 Å². The van der Waals surface area contributed by atoms with Crippen LogP contribution in [-0.4, -0.2) is 40.3 Å². The van der Waals surface area contributed by atoms with Crippen molar-refractivity contribution in [3.8, 4) is 0 Å². The van der Waals surface area contributed by atoms with Crippen LogP contribution in [0, 0.1) is 11.8 Å². The molecule has 0 aliphatic carbocycles. The van der Waals surface area contributed by atoms with Crippen LogP contribution in [0.4, 0.5) is 0 Å². The maximum atomic E-state index is 12.2. The van der Waals surface area contributed by atoms with Crippen molar-refractivity contribution < 1.29 is 9.00 Å². The molecule has 0 spiro atoms. The summed E-state index contributed by atoms with van der Waals surface area (Å²) in [5, 5.41) is 0. The van der Waals surface area contributed by atoms with Crippen molar-refractivity contribution in [2.45, 2.75) is 11.3 Å². The average Bonchev–Trinajstić information content (AvgIpc) is 3.02. The number of rotatable bonds is 4. The van der Waals surface area contributed by atoms with E-state index in [2.05, 4.69) is 4.90 Å². The van der Waals surface area contributed by atoms with Crippen molar-refractivity contribution in [2.75, 3.05) is 25.4 Å². The Balaban J connectivity index is 1.63. The van der Waals surface area contributed by atoms with E-state index in [0.717, 1.165) is 31.0 Å². The first-order chi connectivity index (χ1) is 8.74. The summed E-state index contributed by atoms with van der Waals surface area (Å²) >= 11 is 0. The summed E-state index contributed by atoms with van der Waals surface area (Å²) in [5.41, 5.74) is 0. The zero-order valence-corrected chi connectivity index (χ0v) is 11.1. The minimum atomic E-state index is -1.18. The van der Waals surface area contributed by atoms with Gasteiger partial charge < -0.3 is 4.90 Å². The summed E-state index contributed by atoms with van der Waals surface area (Å²) in [7, 11) is -1.18. The minimum absolute atomic E-state index is 0.131. The molecule has 2 bridgehead atoms. The summed E-state index contributed by atoms with van der Waals surface area (Å²) in [6, 6.07) is 9.27. The number of ketones is 1. The molecule has 3 rings (SSSR count). The first-order valence-corrected chi connectivity index (χ1v) is 7.74. The lowest BCUT2D eigenvalue weighted by atomic mass is 9.90. The summed E-state index contributed by atoms with van der Waals surface area (Å²) in [6.45, 7) is 3.08. The lowest BCUT2D eigenvalue weighted by Crippen LogP contribution is -2.32. The molecule has 2 heterocycles. The molecule has 0 N–H and O–H groups in total. The molecule has 0 radical (unpaired) electrons. The van der Waals surface area contributed by atoms with E-state index in [4.69, 9.17) is 0 Å². The monoisotopic (exact) mass is 263 g/mol. The third-order valence-corrected chi connectivity index (χ3v) is 5.37. The number of carbonyl (C=O) groups is 1. The first kappa shape index (κ1) is 12.1. The fraction of sp³-hybridized carbons (Fsp3) is 0.500. The van der Waals surface area contributed by atoms with Crippen LogP contribution in [-0.2, 0) is 15.6 Å². The van der Waals surface area contributed by atoms with Crippen molar-refractivity contribution in [3.63, 3.8) is 0 Å². The largest absolute Gasteiger partial charge is 0.302 e. The van der Waals surface area contributed by atoms with Crippen molar-refractivity contribution in [2.24, 2.45) is 11.8 Å². The number of carbonyl (C=O) groups excluding carboxylic acids is 1. The van der Waals surface area contributed by atoms with Gasteiger partial charge in [-0.25, -0.2) is 0 Å². The van der Waals surface area contributed by atoms with Crippen LogP contribution in [0.3, 0.4) is 0 Å². The van der Waals surface area contributed by atoms with Crippen molar-refractivity contribution in [3.05, 3.63) is 30.3 Å². The number of hydrogen-bond acceptors (Lipinski definition) is 3. The van der Waals surface area contributed by atoms with Gasteiger partial charge in [0.25, 0.3) is 0 Å². The Morgan fingerprint density at radius 3 is 2.67 bits per heavy atom. The second-order valence-corrected chi connectivity index (χ2v) is 6.64. The molecule has 0 amide bonds. The molecule has 2 aliphatic rings. The molecule has 0 aromatic heterocycles. The number of benzene rings is 1. The summed E-state index contributed by atoms with van der Waals surface area (Å²) in [4.78, 5) is 15.3. The van der Waals surface area contributed by atoms with E-state index in [0.29, 0.717) is 5.92 Å². The van der Waals surface area contributed by atoms with Gasteiger partial charge in [-0.05, 0) is 31.0 Å². The highest BCUT2D eigenvalue weighted by molar-refractivity contribution is 7.85. The second kappa shape index (κ2) is 4.94. The molecule has 4 atom stereocenters. The first-order valence-electron chi connectivity index (χ1n) is 6.42. The summed E-state index contributed by atoms with van der Waals surface area (Å²) < 4.78 is 12.1. The van der Waals surface area contributed by atoms with E-state index >= 15 is 0 Å². The van der Waals surface area contributed by atoms with Gasteiger partial charge in [-0.1, -0.05) is 18.2 Å². The van der Waals surface area contributed by atoms with Crippen LogP contribution in [0.5, 0.6) is 0 Å². The standard InChI is InChI=1S/C14H17NO2S/c16-14(13-9-15-7-6-11(13)8-15)10-18(17)12-4-2-1-3-5-12/h1-5,11,13H,6-10H2/t11-,13-,18?/m0/s1. The fourth-order valence-corrected chi connectivity index (χ4v) is 4.14. The molecule has 2 fully saturated rings. The summed E-state index contributed by atoms with van der Waals surface area (Å²) in [5.74, 6) is 1.01. The zero-order chi connectivity index (χ0) is 12.5. The number of fused-ring (bicyclic) bond motifs is 2. The Labute approximate surface area is 110 Å². The Hall–Kier alpha value is -1.00. The highest BCUT2D eigenvalue weighted by Crippen LogP contribution is 2.33. The van der Waals surface area contributed by atoms with Gasteiger partial charge in [0.2, 0.25) is 0 Å². The van der Waals surface area contributed by atoms with Gasteiger partial charge in [-0.15, -0.1) is 0 Å². The molecular formula is C14H17NO2S.